The van der Waals surface area contributed by atoms with E-state index in [0.29, 0.717) is 10.6 Å². The molecule has 0 radical (unpaired) electrons. The molecule has 0 amide bonds. The average molecular weight is 213 g/mol. The van der Waals surface area contributed by atoms with Gasteiger partial charge < -0.3 is 5.11 Å². The zero-order valence-corrected chi connectivity index (χ0v) is 8.34. The molecule has 0 aliphatic carbocycles. The van der Waals surface area contributed by atoms with E-state index in [2.05, 4.69) is 0 Å². The molecule has 1 rings (SSSR count). The van der Waals surface area contributed by atoms with Crippen molar-refractivity contribution in [3.8, 4) is 0 Å². The zero-order chi connectivity index (χ0) is 10.7. The predicted octanol–water partition coefficient (Wildman–Crippen LogP) is 2.17. The van der Waals surface area contributed by atoms with Gasteiger partial charge >= 0.3 is 5.97 Å². The summed E-state index contributed by atoms with van der Waals surface area (Å²) in [5.74, 6) is -1.14. The van der Waals surface area contributed by atoms with Crippen molar-refractivity contribution < 1.29 is 14.7 Å². The molecule has 1 N–H and O–H groups in total. The predicted molar refractivity (Wildman–Crippen MR) is 52.8 cm³/mol. The Hall–Kier alpha value is -1.35. The van der Waals surface area contributed by atoms with E-state index in [4.69, 9.17) is 16.7 Å². The first-order valence-corrected chi connectivity index (χ1v) is 4.39. The number of carboxylic acid groups (broad SMARTS) is 1. The summed E-state index contributed by atoms with van der Waals surface area (Å²) in [6.45, 7) is 1.42. The molecular weight excluding hydrogens is 204 g/mol. The van der Waals surface area contributed by atoms with Gasteiger partial charge in [-0.2, -0.15) is 0 Å². The maximum atomic E-state index is 10.8. The van der Waals surface area contributed by atoms with E-state index >= 15 is 0 Å². The van der Waals surface area contributed by atoms with Gasteiger partial charge in [0.1, 0.15) is 5.78 Å². The number of halogens is 1. The monoisotopic (exact) mass is 212 g/mol. The van der Waals surface area contributed by atoms with Crippen LogP contribution >= 0.6 is 11.6 Å². The molecule has 1 aromatic rings. The smallest absolute Gasteiger partial charge is 0.336 e. The second-order valence-corrected chi connectivity index (χ2v) is 3.42. The minimum absolute atomic E-state index is 0.0742. The van der Waals surface area contributed by atoms with Gasteiger partial charge in [0, 0.05) is 11.4 Å². The molecule has 14 heavy (non-hydrogen) atoms. The number of Topliss-reactive ketones (excluding diaryl/α,β-unsaturated/α-hetero) is 1. The fourth-order valence-electron chi connectivity index (χ4n) is 1.17. The van der Waals surface area contributed by atoms with Gasteiger partial charge in [0.2, 0.25) is 0 Å². The number of carbonyl (C=O) groups is 2. The Morgan fingerprint density at radius 2 is 2.07 bits per heavy atom. The van der Waals surface area contributed by atoms with Crippen LogP contribution in [0.25, 0.3) is 0 Å². The Morgan fingerprint density at radius 3 is 2.57 bits per heavy atom. The van der Waals surface area contributed by atoms with E-state index in [1.807, 2.05) is 0 Å². The van der Waals surface area contributed by atoms with E-state index in [1.165, 1.54) is 13.0 Å². The average Bonchev–Trinajstić information content (AvgIpc) is 2.07. The molecule has 0 spiro atoms. The van der Waals surface area contributed by atoms with E-state index in [-0.39, 0.29) is 17.8 Å². The minimum Gasteiger partial charge on any atom is -0.478 e. The molecule has 0 saturated carbocycles. The normalized spacial score (nSPS) is 9.86. The van der Waals surface area contributed by atoms with Gasteiger partial charge in [-0.15, -0.1) is 0 Å². The molecule has 0 aromatic heterocycles. The maximum absolute atomic E-state index is 10.8. The summed E-state index contributed by atoms with van der Waals surface area (Å²) in [6.07, 6.45) is 0.124. The molecule has 3 nitrogen and oxygen atoms in total. The van der Waals surface area contributed by atoms with E-state index < -0.39 is 5.97 Å². The van der Waals surface area contributed by atoms with Crippen LogP contribution in [0.1, 0.15) is 22.8 Å². The number of hydrogen-bond acceptors (Lipinski definition) is 2. The van der Waals surface area contributed by atoms with Crippen LogP contribution in [0.2, 0.25) is 5.02 Å². The topological polar surface area (TPSA) is 54.4 Å². The van der Waals surface area contributed by atoms with Crippen LogP contribution in [0.5, 0.6) is 0 Å². The molecule has 0 fully saturated rings. The van der Waals surface area contributed by atoms with Crippen molar-refractivity contribution in [1.82, 2.24) is 0 Å². The first-order valence-electron chi connectivity index (χ1n) is 4.02. The molecular formula is C10H9ClO3. The summed E-state index contributed by atoms with van der Waals surface area (Å²) >= 11 is 5.65. The third-order valence-electron chi connectivity index (χ3n) is 1.74. The van der Waals surface area contributed by atoms with Crippen LogP contribution in [0, 0.1) is 0 Å². The highest BCUT2D eigenvalue weighted by Gasteiger charge is 2.11. The van der Waals surface area contributed by atoms with E-state index in [1.54, 1.807) is 12.1 Å². The fraction of sp³-hybridized carbons (Fsp3) is 0.200. The van der Waals surface area contributed by atoms with Crippen LogP contribution in [-0.4, -0.2) is 16.9 Å². The van der Waals surface area contributed by atoms with Crippen molar-refractivity contribution in [2.75, 3.05) is 0 Å². The molecule has 4 heteroatoms. The summed E-state index contributed by atoms with van der Waals surface area (Å²) in [6, 6.07) is 4.49. The molecule has 0 unspecified atom stereocenters. The van der Waals surface area contributed by atoms with Gasteiger partial charge in [0.15, 0.2) is 0 Å². The number of carboxylic acids is 1. The Kier molecular flexibility index (Phi) is 3.25. The second kappa shape index (κ2) is 4.24. The summed E-state index contributed by atoms with van der Waals surface area (Å²) in [5, 5.41) is 9.19. The number of ketones is 1. The van der Waals surface area contributed by atoms with Gasteiger partial charge in [-0.25, -0.2) is 4.79 Å². The standard InChI is InChI=1S/C10H9ClO3/c1-6(12)4-7-2-3-8(11)5-9(7)10(13)14/h2-3,5H,4H2,1H3,(H,13,14). The Bertz CT molecular complexity index is 385. The number of rotatable bonds is 3. The van der Waals surface area contributed by atoms with Crippen molar-refractivity contribution >= 4 is 23.4 Å². The lowest BCUT2D eigenvalue weighted by Gasteiger charge is -2.03. The highest BCUT2D eigenvalue weighted by Crippen LogP contribution is 2.16. The van der Waals surface area contributed by atoms with Gasteiger partial charge in [0.05, 0.1) is 5.56 Å². The molecule has 0 aliphatic rings. The first-order chi connectivity index (χ1) is 6.50. The van der Waals surface area contributed by atoms with Crippen molar-refractivity contribution in [3.63, 3.8) is 0 Å². The summed E-state index contributed by atoms with van der Waals surface area (Å²) in [5.41, 5.74) is 0.585. The molecule has 0 saturated heterocycles. The molecule has 0 atom stereocenters. The number of carbonyl (C=O) groups excluding carboxylic acids is 1. The lowest BCUT2D eigenvalue weighted by Crippen LogP contribution is -2.06. The minimum atomic E-state index is -1.07. The number of benzene rings is 1. The van der Waals surface area contributed by atoms with Crippen LogP contribution < -0.4 is 0 Å². The quantitative estimate of drug-likeness (QED) is 0.836. The Labute approximate surface area is 86.3 Å². The second-order valence-electron chi connectivity index (χ2n) is 2.99. The third-order valence-corrected chi connectivity index (χ3v) is 1.98. The Morgan fingerprint density at radius 1 is 1.43 bits per heavy atom. The third kappa shape index (κ3) is 2.57. The van der Waals surface area contributed by atoms with Crippen LogP contribution in [0.3, 0.4) is 0 Å². The van der Waals surface area contributed by atoms with Crippen LogP contribution in [-0.2, 0) is 11.2 Å². The van der Waals surface area contributed by atoms with Crippen LogP contribution in [0.4, 0.5) is 0 Å². The van der Waals surface area contributed by atoms with E-state index in [0.717, 1.165) is 0 Å². The molecule has 0 bridgehead atoms. The van der Waals surface area contributed by atoms with Crippen molar-refractivity contribution in [2.45, 2.75) is 13.3 Å². The molecule has 0 aliphatic heterocycles. The SMILES string of the molecule is CC(=O)Cc1ccc(Cl)cc1C(=O)O. The van der Waals surface area contributed by atoms with Gasteiger partial charge in [-0.3, -0.25) is 4.79 Å². The van der Waals surface area contributed by atoms with Crippen molar-refractivity contribution in [1.29, 1.82) is 0 Å². The van der Waals surface area contributed by atoms with Crippen LogP contribution in [0.15, 0.2) is 18.2 Å². The summed E-state index contributed by atoms with van der Waals surface area (Å²) < 4.78 is 0. The van der Waals surface area contributed by atoms with Crippen molar-refractivity contribution in [2.24, 2.45) is 0 Å². The summed E-state index contributed by atoms with van der Waals surface area (Å²) in [4.78, 5) is 21.6. The van der Waals surface area contributed by atoms with Gasteiger partial charge in [-0.05, 0) is 24.6 Å². The highest BCUT2D eigenvalue weighted by atomic mass is 35.5. The molecule has 74 valence electrons. The van der Waals surface area contributed by atoms with Gasteiger partial charge in [-0.1, -0.05) is 17.7 Å². The fourth-order valence-corrected chi connectivity index (χ4v) is 1.34. The van der Waals surface area contributed by atoms with E-state index in [9.17, 15) is 9.59 Å². The number of hydrogen-bond donors (Lipinski definition) is 1. The first kappa shape index (κ1) is 10.7. The summed E-state index contributed by atoms with van der Waals surface area (Å²) in [7, 11) is 0. The van der Waals surface area contributed by atoms with Crippen molar-refractivity contribution in [3.05, 3.63) is 34.3 Å². The lowest BCUT2D eigenvalue weighted by molar-refractivity contribution is -0.116. The largest absolute Gasteiger partial charge is 0.478 e. The highest BCUT2D eigenvalue weighted by molar-refractivity contribution is 6.31. The van der Waals surface area contributed by atoms with Gasteiger partial charge in [0.25, 0.3) is 0 Å². The molecule has 1 aromatic carbocycles. The molecule has 0 heterocycles. The zero-order valence-electron chi connectivity index (χ0n) is 7.58. The lowest BCUT2D eigenvalue weighted by atomic mass is 10.0. The maximum Gasteiger partial charge on any atom is 0.336 e. The Balaban J connectivity index is 3.14. The number of aromatic carboxylic acids is 1.